The topological polar surface area (TPSA) is 59.8 Å². The molecule has 1 atom stereocenters. The number of quaternary nitrogens is 1. The second-order valence-corrected chi connectivity index (χ2v) is 8.17. The van der Waals surface area contributed by atoms with E-state index in [9.17, 15) is 8.42 Å². The zero-order valence-corrected chi connectivity index (χ0v) is 15.3. The van der Waals surface area contributed by atoms with E-state index in [0.717, 1.165) is 24.2 Å². The lowest BCUT2D eigenvalue weighted by molar-refractivity contribution is -0.937. The first-order valence-corrected chi connectivity index (χ1v) is 10.1. The number of hydrogen-bond acceptors (Lipinski definition) is 3. The highest BCUT2D eigenvalue weighted by molar-refractivity contribution is 7.89. The van der Waals surface area contributed by atoms with Crippen molar-refractivity contribution < 1.29 is 18.1 Å². The molecule has 0 aliphatic carbocycles. The Morgan fingerprint density at radius 1 is 1.04 bits per heavy atom. The van der Waals surface area contributed by atoms with Gasteiger partial charge in [0.05, 0.1) is 24.7 Å². The van der Waals surface area contributed by atoms with Crippen molar-refractivity contribution in [2.75, 3.05) is 32.8 Å². The van der Waals surface area contributed by atoms with E-state index >= 15 is 0 Å². The Balaban J connectivity index is 1.77. The summed E-state index contributed by atoms with van der Waals surface area (Å²) in [6.07, 6.45) is 0. The summed E-state index contributed by atoms with van der Waals surface area (Å²) in [5, 5.41) is 0. The van der Waals surface area contributed by atoms with Crippen molar-refractivity contribution in [2.45, 2.75) is 17.9 Å². The molecule has 0 radical (unpaired) electrons. The molecular formula is C19H25N2O3S+. The van der Waals surface area contributed by atoms with Gasteiger partial charge in [-0.1, -0.05) is 48.0 Å². The highest BCUT2D eigenvalue weighted by Crippen LogP contribution is 2.13. The van der Waals surface area contributed by atoms with E-state index in [-0.39, 0.29) is 6.04 Å². The van der Waals surface area contributed by atoms with E-state index in [0.29, 0.717) is 24.7 Å². The van der Waals surface area contributed by atoms with Crippen molar-refractivity contribution in [1.82, 2.24) is 4.72 Å². The maximum Gasteiger partial charge on any atom is 0.240 e. The fraction of sp³-hybridized carbons (Fsp3) is 0.368. The van der Waals surface area contributed by atoms with Crippen LogP contribution in [0.15, 0.2) is 59.5 Å². The van der Waals surface area contributed by atoms with Crippen LogP contribution in [0.1, 0.15) is 17.2 Å². The third-order valence-electron chi connectivity index (χ3n) is 4.64. The highest BCUT2D eigenvalue weighted by Gasteiger charge is 2.28. The molecule has 1 heterocycles. The van der Waals surface area contributed by atoms with E-state index < -0.39 is 10.0 Å². The molecule has 1 aliphatic rings. The molecule has 3 rings (SSSR count). The van der Waals surface area contributed by atoms with Crippen LogP contribution in [-0.2, 0) is 14.8 Å². The summed E-state index contributed by atoms with van der Waals surface area (Å²) in [6, 6.07) is 17.1. The summed E-state index contributed by atoms with van der Waals surface area (Å²) < 4.78 is 33.5. The summed E-state index contributed by atoms with van der Waals surface area (Å²) >= 11 is 0. The number of ether oxygens (including phenoxy) is 1. The van der Waals surface area contributed by atoms with Crippen LogP contribution < -0.4 is 9.62 Å². The first-order chi connectivity index (χ1) is 12.1. The molecule has 1 fully saturated rings. The minimum absolute atomic E-state index is 0.0744. The Labute approximate surface area is 149 Å². The van der Waals surface area contributed by atoms with Gasteiger partial charge in [0.15, 0.2) is 0 Å². The number of rotatable bonds is 6. The minimum atomic E-state index is -3.51. The predicted octanol–water partition coefficient (Wildman–Crippen LogP) is 0.930. The van der Waals surface area contributed by atoms with Gasteiger partial charge in [-0.2, -0.15) is 0 Å². The van der Waals surface area contributed by atoms with E-state index in [1.807, 2.05) is 37.3 Å². The molecule has 25 heavy (non-hydrogen) atoms. The fourth-order valence-electron chi connectivity index (χ4n) is 3.16. The second kappa shape index (κ2) is 8.10. The van der Waals surface area contributed by atoms with Gasteiger partial charge in [-0.3, -0.25) is 0 Å². The highest BCUT2D eigenvalue weighted by atomic mass is 32.2. The summed E-state index contributed by atoms with van der Waals surface area (Å²) in [5.41, 5.74) is 2.19. The maximum absolute atomic E-state index is 12.6. The van der Waals surface area contributed by atoms with Crippen molar-refractivity contribution in [1.29, 1.82) is 0 Å². The molecule has 0 bridgehead atoms. The monoisotopic (exact) mass is 361 g/mol. The van der Waals surface area contributed by atoms with Crippen LogP contribution in [0, 0.1) is 6.92 Å². The molecule has 2 aromatic rings. The second-order valence-electron chi connectivity index (χ2n) is 6.40. The van der Waals surface area contributed by atoms with Gasteiger partial charge in [-0.05, 0) is 19.1 Å². The summed E-state index contributed by atoms with van der Waals surface area (Å²) in [5.74, 6) is 0. The van der Waals surface area contributed by atoms with Crippen molar-refractivity contribution in [3.8, 4) is 0 Å². The van der Waals surface area contributed by atoms with Gasteiger partial charge in [0, 0.05) is 5.56 Å². The Bertz CT molecular complexity index is 770. The van der Waals surface area contributed by atoms with Gasteiger partial charge >= 0.3 is 0 Å². The largest absolute Gasteiger partial charge is 0.370 e. The van der Waals surface area contributed by atoms with Crippen LogP contribution in [-0.4, -0.2) is 41.3 Å². The molecule has 0 saturated carbocycles. The van der Waals surface area contributed by atoms with Gasteiger partial charge in [0.1, 0.15) is 19.1 Å². The lowest BCUT2D eigenvalue weighted by Gasteiger charge is -2.31. The SMILES string of the molecule is Cc1ccc(S(=O)(=O)NC[C@H](c2ccccc2)[NH+]2CCOCC2)cc1. The van der Waals surface area contributed by atoms with E-state index in [1.165, 1.54) is 4.90 Å². The van der Waals surface area contributed by atoms with Crippen molar-refractivity contribution in [3.05, 3.63) is 65.7 Å². The number of aryl methyl sites for hydroxylation is 1. The number of morpholine rings is 1. The molecular weight excluding hydrogens is 336 g/mol. The molecule has 0 amide bonds. The fourth-order valence-corrected chi connectivity index (χ4v) is 4.21. The standard InChI is InChI=1S/C19H24N2O3S/c1-16-7-9-18(10-8-16)25(22,23)20-15-19(17-5-3-2-4-6-17)21-11-13-24-14-12-21/h2-10,19-20H,11-15H2,1H3/p+1/t19-/m1/s1. The quantitative estimate of drug-likeness (QED) is 0.805. The van der Waals surface area contributed by atoms with Gasteiger partial charge < -0.3 is 9.64 Å². The van der Waals surface area contributed by atoms with Crippen LogP contribution in [0.25, 0.3) is 0 Å². The van der Waals surface area contributed by atoms with Crippen LogP contribution in [0.4, 0.5) is 0 Å². The maximum atomic E-state index is 12.6. The molecule has 2 aromatic carbocycles. The van der Waals surface area contributed by atoms with Crippen LogP contribution >= 0.6 is 0 Å². The molecule has 1 aliphatic heterocycles. The molecule has 2 N–H and O–H groups in total. The molecule has 0 unspecified atom stereocenters. The molecule has 0 aromatic heterocycles. The summed E-state index contributed by atoms with van der Waals surface area (Å²) in [7, 11) is -3.51. The van der Waals surface area contributed by atoms with Crippen molar-refractivity contribution in [2.24, 2.45) is 0 Å². The lowest BCUT2D eigenvalue weighted by Crippen LogP contribution is -3.15. The van der Waals surface area contributed by atoms with E-state index in [4.69, 9.17) is 4.74 Å². The lowest BCUT2D eigenvalue weighted by atomic mass is 10.1. The summed E-state index contributed by atoms with van der Waals surface area (Å²) in [4.78, 5) is 1.66. The smallest absolute Gasteiger partial charge is 0.240 e. The first-order valence-electron chi connectivity index (χ1n) is 8.60. The summed E-state index contributed by atoms with van der Waals surface area (Å²) in [6.45, 7) is 5.50. The zero-order valence-electron chi connectivity index (χ0n) is 14.4. The van der Waals surface area contributed by atoms with Gasteiger partial charge in [0.25, 0.3) is 0 Å². The zero-order chi connectivity index (χ0) is 17.7. The third kappa shape index (κ3) is 4.67. The first kappa shape index (κ1) is 18.1. The van der Waals surface area contributed by atoms with Crippen molar-refractivity contribution >= 4 is 10.0 Å². The van der Waals surface area contributed by atoms with Crippen LogP contribution in [0.2, 0.25) is 0 Å². The van der Waals surface area contributed by atoms with Gasteiger partial charge in [0.2, 0.25) is 10.0 Å². The number of nitrogens with one attached hydrogen (secondary N) is 2. The van der Waals surface area contributed by atoms with Gasteiger partial charge in [-0.15, -0.1) is 0 Å². The van der Waals surface area contributed by atoms with Crippen LogP contribution in [0.3, 0.4) is 0 Å². The Morgan fingerprint density at radius 3 is 2.32 bits per heavy atom. The average Bonchev–Trinajstić information content (AvgIpc) is 2.64. The molecule has 134 valence electrons. The molecule has 5 nitrogen and oxygen atoms in total. The number of hydrogen-bond donors (Lipinski definition) is 2. The number of benzene rings is 2. The Morgan fingerprint density at radius 2 is 1.68 bits per heavy atom. The normalized spacial score (nSPS) is 17.3. The van der Waals surface area contributed by atoms with Gasteiger partial charge in [-0.25, -0.2) is 13.1 Å². The molecule has 6 heteroatoms. The van der Waals surface area contributed by atoms with Crippen molar-refractivity contribution in [3.63, 3.8) is 0 Å². The minimum Gasteiger partial charge on any atom is -0.370 e. The van der Waals surface area contributed by atoms with E-state index in [1.54, 1.807) is 12.1 Å². The Hall–Kier alpha value is -1.73. The molecule has 0 spiro atoms. The predicted molar refractivity (Wildman–Crippen MR) is 97.1 cm³/mol. The van der Waals surface area contributed by atoms with Crippen LogP contribution in [0.5, 0.6) is 0 Å². The average molecular weight is 361 g/mol. The molecule has 1 saturated heterocycles. The Kier molecular flexibility index (Phi) is 5.86. The number of sulfonamides is 1. The third-order valence-corrected chi connectivity index (χ3v) is 6.08. The van der Waals surface area contributed by atoms with E-state index in [2.05, 4.69) is 16.9 Å².